The van der Waals surface area contributed by atoms with Crippen LogP contribution in [-0.2, 0) is 4.74 Å². The Hall–Kier alpha value is -1.98. The van der Waals surface area contributed by atoms with Crippen molar-refractivity contribution in [3.8, 4) is 0 Å². The van der Waals surface area contributed by atoms with Gasteiger partial charge in [0.1, 0.15) is 5.82 Å². The van der Waals surface area contributed by atoms with Crippen LogP contribution in [0.3, 0.4) is 0 Å². The maximum absolute atomic E-state index is 14.1. The van der Waals surface area contributed by atoms with Gasteiger partial charge >= 0.3 is 5.97 Å². The van der Waals surface area contributed by atoms with Gasteiger partial charge in [0.15, 0.2) is 0 Å². The van der Waals surface area contributed by atoms with E-state index >= 15 is 0 Å². The van der Waals surface area contributed by atoms with Crippen LogP contribution in [-0.4, -0.2) is 13.1 Å². The largest absolute Gasteiger partial charge is 0.465 e. The van der Waals surface area contributed by atoms with Crippen LogP contribution >= 0.6 is 23.2 Å². The van der Waals surface area contributed by atoms with Gasteiger partial charge in [-0.15, -0.1) is 0 Å². The molecule has 2 rings (SSSR count). The van der Waals surface area contributed by atoms with Crippen LogP contribution in [0.15, 0.2) is 30.3 Å². The van der Waals surface area contributed by atoms with Gasteiger partial charge in [0.05, 0.1) is 34.8 Å². The average Bonchev–Trinajstić information content (AvgIpc) is 2.43. The van der Waals surface area contributed by atoms with Crippen LogP contribution in [0.1, 0.15) is 10.4 Å². The third-order valence-electron chi connectivity index (χ3n) is 2.73. The number of halogens is 3. The molecule has 0 aliphatic rings. The van der Waals surface area contributed by atoms with Crippen molar-refractivity contribution in [3.05, 3.63) is 51.8 Å². The number of benzene rings is 2. The Kier molecular flexibility index (Phi) is 4.55. The van der Waals surface area contributed by atoms with Crippen molar-refractivity contribution in [1.29, 1.82) is 0 Å². The Morgan fingerprint density at radius 2 is 2.00 bits per heavy atom. The van der Waals surface area contributed by atoms with Crippen LogP contribution in [0.25, 0.3) is 0 Å². The number of esters is 1. The third-order valence-corrected chi connectivity index (χ3v) is 3.28. The molecule has 0 aromatic heterocycles. The number of hydrogen-bond acceptors (Lipinski definition) is 4. The highest BCUT2D eigenvalue weighted by Crippen LogP contribution is 2.32. The summed E-state index contributed by atoms with van der Waals surface area (Å²) in [6, 6.07) is 7.07. The minimum Gasteiger partial charge on any atom is -0.465 e. The van der Waals surface area contributed by atoms with Crippen molar-refractivity contribution < 1.29 is 13.9 Å². The zero-order valence-electron chi connectivity index (χ0n) is 10.9. The summed E-state index contributed by atoms with van der Waals surface area (Å²) in [5, 5.41) is 3.55. The first-order valence-corrected chi connectivity index (χ1v) is 6.57. The van der Waals surface area contributed by atoms with Crippen LogP contribution in [0.4, 0.5) is 21.5 Å². The summed E-state index contributed by atoms with van der Waals surface area (Å²) in [6.45, 7) is 0. The second-order valence-electron chi connectivity index (χ2n) is 4.16. The summed E-state index contributed by atoms with van der Waals surface area (Å²) in [6.07, 6.45) is 0. The van der Waals surface area contributed by atoms with Crippen molar-refractivity contribution >= 4 is 46.2 Å². The summed E-state index contributed by atoms with van der Waals surface area (Å²) in [5.74, 6) is -1.36. The van der Waals surface area contributed by atoms with E-state index in [0.29, 0.717) is 15.7 Å². The number of hydrogen-bond donors (Lipinski definition) is 2. The summed E-state index contributed by atoms with van der Waals surface area (Å²) in [5.41, 5.74) is 6.31. The van der Waals surface area contributed by atoms with Gasteiger partial charge in [0.25, 0.3) is 0 Å². The van der Waals surface area contributed by atoms with Crippen LogP contribution < -0.4 is 11.1 Å². The molecule has 0 amide bonds. The predicted molar refractivity (Wildman–Crippen MR) is 81.9 cm³/mol. The van der Waals surface area contributed by atoms with Crippen LogP contribution in [0, 0.1) is 5.82 Å². The van der Waals surface area contributed by atoms with Crippen molar-refractivity contribution in [2.45, 2.75) is 0 Å². The van der Waals surface area contributed by atoms with E-state index in [1.54, 1.807) is 12.1 Å². The molecule has 3 N–H and O–H groups in total. The molecule has 110 valence electrons. The number of methoxy groups -OCH3 is 1. The molecule has 7 heteroatoms. The number of carbonyl (C=O) groups excluding carboxylic acids is 1. The lowest BCUT2D eigenvalue weighted by Gasteiger charge is -2.13. The monoisotopic (exact) mass is 328 g/mol. The molecule has 0 unspecified atom stereocenters. The first-order chi connectivity index (χ1) is 9.92. The maximum atomic E-state index is 14.1. The Labute approximate surface area is 130 Å². The molecule has 0 aliphatic carbocycles. The van der Waals surface area contributed by atoms with Gasteiger partial charge in [-0.2, -0.15) is 0 Å². The number of nitrogen functional groups attached to an aromatic ring is 1. The van der Waals surface area contributed by atoms with E-state index in [9.17, 15) is 9.18 Å². The molecule has 2 aromatic carbocycles. The Morgan fingerprint density at radius 3 is 2.57 bits per heavy atom. The van der Waals surface area contributed by atoms with Gasteiger partial charge in [-0.1, -0.05) is 23.2 Å². The van der Waals surface area contributed by atoms with Crippen molar-refractivity contribution in [1.82, 2.24) is 0 Å². The number of carbonyl (C=O) groups is 1. The molecule has 21 heavy (non-hydrogen) atoms. The van der Waals surface area contributed by atoms with Crippen LogP contribution in [0.5, 0.6) is 0 Å². The predicted octanol–water partition coefficient (Wildman–Crippen LogP) is 4.24. The SMILES string of the molecule is COC(=O)c1cc(N)c(Nc2ccc(Cl)cc2Cl)c(F)c1. The van der Waals surface area contributed by atoms with Gasteiger partial charge in [-0.25, -0.2) is 9.18 Å². The molecule has 0 saturated heterocycles. The fourth-order valence-electron chi connectivity index (χ4n) is 1.72. The number of nitrogens with one attached hydrogen (secondary N) is 1. The van der Waals surface area contributed by atoms with E-state index in [1.165, 1.54) is 19.2 Å². The van der Waals surface area contributed by atoms with Crippen LogP contribution in [0.2, 0.25) is 10.0 Å². The zero-order chi connectivity index (χ0) is 15.6. The van der Waals surface area contributed by atoms with Gasteiger partial charge in [0.2, 0.25) is 0 Å². The second kappa shape index (κ2) is 6.20. The molecule has 0 spiro atoms. The zero-order valence-corrected chi connectivity index (χ0v) is 12.4. The lowest BCUT2D eigenvalue weighted by Crippen LogP contribution is -2.06. The quantitative estimate of drug-likeness (QED) is 0.653. The minimum absolute atomic E-state index is 0.0203. The lowest BCUT2D eigenvalue weighted by molar-refractivity contribution is 0.0600. The molecule has 0 atom stereocenters. The average molecular weight is 329 g/mol. The van der Waals surface area contributed by atoms with E-state index in [-0.39, 0.29) is 16.9 Å². The topological polar surface area (TPSA) is 64.3 Å². The first kappa shape index (κ1) is 15.4. The molecule has 0 bridgehead atoms. The number of anilines is 3. The molecular weight excluding hydrogens is 318 g/mol. The molecule has 0 radical (unpaired) electrons. The normalized spacial score (nSPS) is 10.3. The van der Waals surface area contributed by atoms with E-state index < -0.39 is 11.8 Å². The van der Waals surface area contributed by atoms with Gasteiger partial charge in [0, 0.05) is 5.02 Å². The molecule has 0 heterocycles. The molecule has 4 nitrogen and oxygen atoms in total. The minimum atomic E-state index is -0.693. The molecular formula is C14H11Cl2FN2O2. The van der Waals surface area contributed by atoms with E-state index in [0.717, 1.165) is 6.07 Å². The van der Waals surface area contributed by atoms with E-state index in [4.69, 9.17) is 28.9 Å². The molecule has 0 aliphatic heterocycles. The highest BCUT2D eigenvalue weighted by molar-refractivity contribution is 6.36. The summed E-state index contributed by atoms with van der Waals surface area (Å²) in [4.78, 5) is 11.4. The Bertz CT molecular complexity index is 684. The fourth-order valence-corrected chi connectivity index (χ4v) is 2.18. The van der Waals surface area contributed by atoms with E-state index in [1.807, 2.05) is 0 Å². The van der Waals surface area contributed by atoms with Crippen molar-refractivity contribution in [3.63, 3.8) is 0 Å². The third kappa shape index (κ3) is 3.37. The smallest absolute Gasteiger partial charge is 0.338 e. The standard InChI is InChI=1S/C14H11Cl2FN2O2/c1-21-14(20)7-4-10(17)13(11(18)5-7)19-12-3-2-8(15)6-9(12)16/h2-6,19H,18H2,1H3. The summed E-state index contributed by atoms with van der Waals surface area (Å²) < 4.78 is 18.6. The summed E-state index contributed by atoms with van der Waals surface area (Å²) >= 11 is 11.8. The van der Waals surface area contributed by atoms with Gasteiger partial charge in [-0.05, 0) is 30.3 Å². The highest BCUT2D eigenvalue weighted by Gasteiger charge is 2.15. The van der Waals surface area contributed by atoms with Gasteiger partial charge in [-0.3, -0.25) is 0 Å². The van der Waals surface area contributed by atoms with Crippen molar-refractivity contribution in [2.75, 3.05) is 18.2 Å². The highest BCUT2D eigenvalue weighted by atomic mass is 35.5. The molecule has 0 saturated carbocycles. The summed E-state index contributed by atoms with van der Waals surface area (Å²) in [7, 11) is 1.20. The van der Waals surface area contributed by atoms with Crippen molar-refractivity contribution in [2.24, 2.45) is 0 Å². The van der Waals surface area contributed by atoms with Gasteiger partial charge < -0.3 is 15.8 Å². The lowest BCUT2D eigenvalue weighted by atomic mass is 10.1. The Morgan fingerprint density at radius 1 is 1.29 bits per heavy atom. The Balaban J connectivity index is 2.38. The first-order valence-electron chi connectivity index (χ1n) is 5.81. The molecule has 0 fully saturated rings. The number of rotatable bonds is 3. The number of nitrogens with two attached hydrogens (primary N) is 1. The fraction of sp³-hybridized carbons (Fsp3) is 0.0714. The maximum Gasteiger partial charge on any atom is 0.338 e. The number of ether oxygens (including phenoxy) is 1. The van der Waals surface area contributed by atoms with E-state index in [2.05, 4.69) is 10.1 Å². The second-order valence-corrected chi connectivity index (χ2v) is 5.01. The molecule has 2 aromatic rings.